The molecule has 0 bridgehead atoms. The molecule has 0 atom stereocenters. The highest BCUT2D eigenvalue weighted by Gasteiger charge is 2.24. The fourth-order valence-electron chi connectivity index (χ4n) is 7.38. The average Bonchev–Trinajstić information content (AvgIpc) is 3.63. The molecule has 0 heteroatoms. The van der Waals surface area contributed by atoms with Gasteiger partial charge in [-0.2, -0.15) is 0 Å². The monoisotopic (exact) mass is 532 g/mol. The molecule has 0 nitrogen and oxygen atoms in total. The fourth-order valence-corrected chi connectivity index (χ4v) is 7.38. The Morgan fingerprint density at radius 2 is 0.905 bits per heavy atom. The Morgan fingerprint density at radius 3 is 1.55 bits per heavy atom. The second-order valence-corrected chi connectivity index (χ2v) is 11.7. The van der Waals surface area contributed by atoms with E-state index < -0.39 is 0 Å². The van der Waals surface area contributed by atoms with Gasteiger partial charge in [0.2, 0.25) is 0 Å². The summed E-state index contributed by atoms with van der Waals surface area (Å²) in [6.07, 6.45) is 4.42. The van der Waals surface area contributed by atoms with Crippen LogP contribution < -0.4 is 0 Å². The van der Waals surface area contributed by atoms with Crippen LogP contribution in [-0.2, 0) is 12.8 Å². The van der Waals surface area contributed by atoms with E-state index in [-0.39, 0.29) is 0 Å². The molecule has 2 aliphatic rings. The minimum absolute atomic E-state index is 1.01. The Bertz CT molecular complexity index is 2160. The summed E-state index contributed by atoms with van der Waals surface area (Å²) in [6, 6.07) is 51.6. The molecule has 7 aromatic carbocycles. The summed E-state index contributed by atoms with van der Waals surface area (Å²) in [5, 5.41) is 5.21. The molecule has 0 spiro atoms. The van der Waals surface area contributed by atoms with E-state index in [2.05, 4.69) is 146 Å². The van der Waals surface area contributed by atoms with Gasteiger partial charge < -0.3 is 0 Å². The lowest BCUT2D eigenvalue weighted by atomic mass is 9.85. The van der Waals surface area contributed by atoms with Gasteiger partial charge in [-0.05, 0) is 113 Å². The van der Waals surface area contributed by atoms with Gasteiger partial charge in [-0.1, -0.05) is 133 Å². The van der Waals surface area contributed by atoms with Gasteiger partial charge in [0.15, 0.2) is 0 Å². The molecule has 0 aliphatic heterocycles. The normalized spacial score (nSPS) is 13.2. The number of hydrogen-bond donors (Lipinski definition) is 0. The molecule has 196 valence electrons. The molecule has 0 heterocycles. The lowest BCUT2D eigenvalue weighted by Gasteiger charge is -2.18. The summed E-state index contributed by atoms with van der Waals surface area (Å²) >= 11 is 0. The SMILES string of the molecule is C1=C(c2ccccc2)Cc2cc3c(cc21)-c1cc(-c2c4ccccc4c(-c4ccccc4)c4ccccc24)ccc1C3. The van der Waals surface area contributed by atoms with Gasteiger partial charge in [0.25, 0.3) is 0 Å². The summed E-state index contributed by atoms with van der Waals surface area (Å²) in [4.78, 5) is 0. The molecule has 0 unspecified atom stereocenters. The highest BCUT2D eigenvalue weighted by molar-refractivity contribution is 6.21. The predicted molar refractivity (Wildman–Crippen MR) is 179 cm³/mol. The fraction of sp³-hybridized carbons (Fsp3) is 0.0476. The van der Waals surface area contributed by atoms with Gasteiger partial charge in [0.05, 0.1) is 0 Å². The summed E-state index contributed by atoms with van der Waals surface area (Å²) in [5.74, 6) is 0. The van der Waals surface area contributed by atoms with Gasteiger partial charge in [0.1, 0.15) is 0 Å². The molecule has 0 saturated carbocycles. The Hall–Kier alpha value is -5.20. The zero-order valence-electron chi connectivity index (χ0n) is 23.3. The number of rotatable bonds is 3. The second kappa shape index (κ2) is 9.16. The van der Waals surface area contributed by atoms with Crippen LogP contribution in [0, 0.1) is 0 Å². The Kier molecular flexibility index (Phi) is 5.12. The van der Waals surface area contributed by atoms with Crippen LogP contribution in [0.1, 0.15) is 27.8 Å². The van der Waals surface area contributed by atoms with E-state index in [0.717, 1.165) is 12.8 Å². The van der Waals surface area contributed by atoms with E-state index in [1.807, 2.05) is 0 Å². The number of hydrogen-bond acceptors (Lipinski definition) is 0. The van der Waals surface area contributed by atoms with Gasteiger partial charge in [-0.15, -0.1) is 0 Å². The summed E-state index contributed by atoms with van der Waals surface area (Å²) in [5.41, 5.74) is 16.4. The minimum atomic E-state index is 1.01. The molecule has 7 aromatic rings. The summed E-state index contributed by atoms with van der Waals surface area (Å²) < 4.78 is 0. The van der Waals surface area contributed by atoms with Crippen molar-refractivity contribution in [2.24, 2.45) is 0 Å². The third-order valence-electron chi connectivity index (χ3n) is 9.28. The van der Waals surface area contributed by atoms with E-state index in [4.69, 9.17) is 0 Å². The van der Waals surface area contributed by atoms with Crippen molar-refractivity contribution >= 4 is 33.2 Å². The highest BCUT2D eigenvalue weighted by atomic mass is 14.3. The van der Waals surface area contributed by atoms with Gasteiger partial charge in [-0.3, -0.25) is 0 Å². The lowest BCUT2D eigenvalue weighted by Crippen LogP contribution is -1.91. The summed E-state index contributed by atoms with van der Waals surface area (Å²) in [7, 11) is 0. The lowest BCUT2D eigenvalue weighted by molar-refractivity contribution is 1.23. The molecular formula is C42H28. The highest BCUT2D eigenvalue weighted by Crippen LogP contribution is 2.47. The smallest absolute Gasteiger partial charge is 0.00133 e. The van der Waals surface area contributed by atoms with E-state index in [9.17, 15) is 0 Å². The van der Waals surface area contributed by atoms with Crippen molar-refractivity contribution in [3.8, 4) is 33.4 Å². The van der Waals surface area contributed by atoms with Crippen LogP contribution in [0.25, 0.3) is 66.6 Å². The molecule has 2 aliphatic carbocycles. The Balaban J connectivity index is 1.24. The first-order valence-corrected chi connectivity index (χ1v) is 14.9. The Morgan fingerprint density at radius 1 is 0.357 bits per heavy atom. The third-order valence-corrected chi connectivity index (χ3v) is 9.28. The van der Waals surface area contributed by atoms with Crippen LogP contribution in [0.4, 0.5) is 0 Å². The molecule has 42 heavy (non-hydrogen) atoms. The van der Waals surface area contributed by atoms with E-state index >= 15 is 0 Å². The van der Waals surface area contributed by atoms with Crippen LogP contribution in [0.5, 0.6) is 0 Å². The summed E-state index contributed by atoms with van der Waals surface area (Å²) in [6.45, 7) is 0. The van der Waals surface area contributed by atoms with Crippen molar-refractivity contribution in [1.29, 1.82) is 0 Å². The third kappa shape index (κ3) is 3.55. The largest absolute Gasteiger partial charge is 0.0622 e. The second-order valence-electron chi connectivity index (χ2n) is 11.7. The predicted octanol–water partition coefficient (Wildman–Crippen LogP) is 11.0. The maximum Gasteiger partial charge on any atom is -0.00133 e. The molecule has 0 saturated heterocycles. The van der Waals surface area contributed by atoms with Crippen LogP contribution in [0.3, 0.4) is 0 Å². The van der Waals surface area contributed by atoms with Crippen molar-refractivity contribution < 1.29 is 0 Å². The number of fused-ring (bicyclic) bond motifs is 6. The van der Waals surface area contributed by atoms with Gasteiger partial charge in [-0.25, -0.2) is 0 Å². The molecule has 9 rings (SSSR count). The molecule has 0 amide bonds. The standard InChI is InChI=1S/C42H28/c1-3-11-27(12-4-1)31-22-32-24-34-21-29-19-20-30(25-39(29)40(34)26-33(32)23-31)42-37-17-9-7-15-35(37)41(28-13-5-2-6-14-28)36-16-8-10-18-38(36)42/h1-20,23-26H,21-22H2. The van der Waals surface area contributed by atoms with Crippen LogP contribution in [-0.4, -0.2) is 0 Å². The first kappa shape index (κ1) is 23.5. The molecule has 0 radical (unpaired) electrons. The van der Waals surface area contributed by atoms with Crippen molar-refractivity contribution in [2.45, 2.75) is 12.8 Å². The van der Waals surface area contributed by atoms with Crippen LogP contribution in [0.15, 0.2) is 140 Å². The first-order valence-electron chi connectivity index (χ1n) is 14.9. The zero-order chi connectivity index (χ0) is 27.6. The molecule has 0 N–H and O–H groups in total. The number of benzene rings is 7. The minimum Gasteiger partial charge on any atom is -0.0622 e. The number of allylic oxidation sites excluding steroid dienone is 1. The maximum absolute atomic E-state index is 2.47. The van der Waals surface area contributed by atoms with Crippen molar-refractivity contribution in [3.05, 3.63) is 167 Å². The van der Waals surface area contributed by atoms with Gasteiger partial charge >= 0.3 is 0 Å². The maximum atomic E-state index is 2.47. The average molecular weight is 533 g/mol. The Labute approximate surface area is 246 Å². The van der Waals surface area contributed by atoms with E-state index in [0.29, 0.717) is 0 Å². The van der Waals surface area contributed by atoms with Gasteiger partial charge in [0, 0.05) is 0 Å². The van der Waals surface area contributed by atoms with E-state index in [1.165, 1.54) is 88.3 Å². The molecular weight excluding hydrogens is 504 g/mol. The van der Waals surface area contributed by atoms with Crippen molar-refractivity contribution in [1.82, 2.24) is 0 Å². The quantitative estimate of drug-likeness (QED) is 0.199. The topological polar surface area (TPSA) is 0 Å². The van der Waals surface area contributed by atoms with Crippen molar-refractivity contribution in [2.75, 3.05) is 0 Å². The van der Waals surface area contributed by atoms with E-state index in [1.54, 1.807) is 0 Å². The first-order chi connectivity index (χ1) is 20.8. The van der Waals surface area contributed by atoms with Crippen molar-refractivity contribution in [3.63, 3.8) is 0 Å². The molecule has 0 aromatic heterocycles. The van der Waals surface area contributed by atoms with Crippen LogP contribution >= 0.6 is 0 Å². The van der Waals surface area contributed by atoms with Crippen LogP contribution in [0.2, 0.25) is 0 Å². The molecule has 0 fully saturated rings. The zero-order valence-corrected chi connectivity index (χ0v) is 23.3.